The zero-order chi connectivity index (χ0) is 14.5. The lowest BCUT2D eigenvalue weighted by Gasteiger charge is -2.27. The summed E-state index contributed by atoms with van der Waals surface area (Å²) in [4.78, 5) is 24.2. The fourth-order valence-electron chi connectivity index (χ4n) is 1.47. The van der Waals surface area contributed by atoms with Gasteiger partial charge in [0.05, 0.1) is 5.60 Å². The molecule has 0 rings (SSSR count). The first-order valence-electron chi connectivity index (χ1n) is 5.63. The molecule has 0 aliphatic heterocycles. The molecule has 0 saturated heterocycles. The molecule has 1 amide bonds. The minimum Gasteiger partial charge on any atom is -0.478 e. The maximum atomic E-state index is 11.7. The third-order valence-corrected chi connectivity index (χ3v) is 2.51. The zero-order valence-corrected chi connectivity index (χ0v) is 11.6. The lowest BCUT2D eigenvalue weighted by Crippen LogP contribution is -2.47. The summed E-state index contributed by atoms with van der Waals surface area (Å²) in [7, 11) is 3.63. The van der Waals surface area contributed by atoms with Crippen LogP contribution in [0.4, 0.5) is 0 Å². The Kier molecular flexibility index (Phi) is 6.00. The second kappa shape index (κ2) is 6.51. The SMILES string of the molecule is CC(C(=O)O)=C(C)C(=O)NCC(C)(O)CN(C)C. The molecule has 1 atom stereocenters. The Labute approximate surface area is 107 Å². The molecule has 104 valence electrons. The van der Waals surface area contributed by atoms with E-state index in [9.17, 15) is 14.7 Å². The fraction of sp³-hybridized carbons (Fsp3) is 0.667. The Morgan fingerprint density at radius 2 is 1.72 bits per heavy atom. The van der Waals surface area contributed by atoms with Crippen molar-refractivity contribution in [2.75, 3.05) is 27.2 Å². The fourth-order valence-corrected chi connectivity index (χ4v) is 1.47. The number of likely N-dealkylation sites (N-methyl/N-ethyl adjacent to an activating group) is 1. The van der Waals surface area contributed by atoms with Crippen molar-refractivity contribution in [1.29, 1.82) is 0 Å². The predicted molar refractivity (Wildman–Crippen MR) is 68.2 cm³/mol. The third-order valence-electron chi connectivity index (χ3n) is 2.51. The third kappa shape index (κ3) is 5.79. The number of nitrogens with one attached hydrogen (secondary N) is 1. The van der Waals surface area contributed by atoms with E-state index in [2.05, 4.69) is 5.32 Å². The molecule has 0 aromatic carbocycles. The molecular weight excluding hydrogens is 236 g/mol. The second-order valence-corrected chi connectivity index (χ2v) is 4.97. The van der Waals surface area contributed by atoms with E-state index >= 15 is 0 Å². The summed E-state index contributed by atoms with van der Waals surface area (Å²) in [6.07, 6.45) is 0. The first-order chi connectivity index (χ1) is 8.07. The highest BCUT2D eigenvalue weighted by Gasteiger charge is 2.23. The van der Waals surface area contributed by atoms with E-state index in [1.807, 2.05) is 14.1 Å². The van der Waals surface area contributed by atoms with E-state index in [1.165, 1.54) is 13.8 Å². The number of hydrogen-bond acceptors (Lipinski definition) is 4. The van der Waals surface area contributed by atoms with Crippen molar-refractivity contribution in [2.24, 2.45) is 0 Å². The molecule has 0 aromatic heterocycles. The molecule has 0 aromatic rings. The van der Waals surface area contributed by atoms with Gasteiger partial charge in [-0.1, -0.05) is 0 Å². The van der Waals surface area contributed by atoms with Gasteiger partial charge in [-0.25, -0.2) is 4.79 Å². The van der Waals surface area contributed by atoms with Gasteiger partial charge in [-0.3, -0.25) is 4.79 Å². The Balaban J connectivity index is 4.52. The van der Waals surface area contributed by atoms with Crippen LogP contribution in [0, 0.1) is 0 Å². The van der Waals surface area contributed by atoms with Crippen LogP contribution >= 0.6 is 0 Å². The van der Waals surface area contributed by atoms with Gasteiger partial charge in [0.15, 0.2) is 0 Å². The summed E-state index contributed by atoms with van der Waals surface area (Å²) in [5.74, 6) is -1.60. The van der Waals surface area contributed by atoms with Gasteiger partial charge < -0.3 is 20.4 Å². The number of nitrogens with zero attached hydrogens (tertiary/aromatic N) is 1. The standard InChI is InChI=1S/C12H22N2O4/c1-8(9(2)11(16)17)10(15)13-6-12(3,18)7-14(4)5/h18H,6-7H2,1-5H3,(H,13,15)(H,16,17). The van der Waals surface area contributed by atoms with Crippen molar-refractivity contribution in [3.05, 3.63) is 11.1 Å². The predicted octanol–water partition coefficient (Wildman–Crippen LogP) is -0.164. The number of aliphatic hydroxyl groups is 1. The van der Waals surface area contributed by atoms with E-state index in [0.717, 1.165) is 0 Å². The molecule has 0 bridgehead atoms. The summed E-state index contributed by atoms with van der Waals surface area (Å²) in [5.41, 5.74) is -0.917. The highest BCUT2D eigenvalue weighted by atomic mass is 16.4. The van der Waals surface area contributed by atoms with E-state index in [4.69, 9.17) is 5.11 Å². The van der Waals surface area contributed by atoms with Gasteiger partial charge in [0.25, 0.3) is 0 Å². The van der Waals surface area contributed by atoms with Crippen LogP contribution < -0.4 is 5.32 Å². The number of carboxylic acids is 1. The quantitative estimate of drug-likeness (QED) is 0.576. The van der Waals surface area contributed by atoms with Gasteiger partial charge in [0.2, 0.25) is 5.91 Å². The summed E-state index contributed by atoms with van der Waals surface area (Å²) < 4.78 is 0. The van der Waals surface area contributed by atoms with E-state index in [0.29, 0.717) is 6.54 Å². The number of amides is 1. The second-order valence-electron chi connectivity index (χ2n) is 4.97. The molecule has 0 fully saturated rings. The first-order valence-corrected chi connectivity index (χ1v) is 5.63. The molecule has 18 heavy (non-hydrogen) atoms. The largest absolute Gasteiger partial charge is 0.478 e. The highest BCUT2D eigenvalue weighted by molar-refractivity contribution is 6.01. The number of carbonyl (C=O) groups excluding carboxylic acids is 1. The number of aliphatic carboxylic acids is 1. The normalized spacial score (nSPS) is 15.9. The van der Waals surface area contributed by atoms with E-state index in [-0.39, 0.29) is 17.7 Å². The lowest BCUT2D eigenvalue weighted by atomic mass is 10.1. The smallest absolute Gasteiger partial charge is 0.331 e. The Morgan fingerprint density at radius 1 is 1.22 bits per heavy atom. The highest BCUT2D eigenvalue weighted by Crippen LogP contribution is 2.06. The minimum atomic E-state index is -1.12. The Morgan fingerprint density at radius 3 is 2.11 bits per heavy atom. The van der Waals surface area contributed by atoms with Crippen molar-refractivity contribution in [3.8, 4) is 0 Å². The summed E-state index contributed by atoms with van der Waals surface area (Å²) >= 11 is 0. The van der Waals surface area contributed by atoms with Gasteiger partial charge in [0.1, 0.15) is 0 Å². The van der Waals surface area contributed by atoms with Crippen LogP contribution in [0.3, 0.4) is 0 Å². The van der Waals surface area contributed by atoms with Gasteiger partial charge in [-0.05, 0) is 34.9 Å². The molecule has 0 aliphatic carbocycles. The van der Waals surface area contributed by atoms with E-state index < -0.39 is 17.5 Å². The molecule has 6 heteroatoms. The lowest BCUT2D eigenvalue weighted by molar-refractivity contribution is -0.133. The molecule has 0 saturated carbocycles. The number of rotatable bonds is 6. The number of carboxylic acid groups (broad SMARTS) is 1. The summed E-state index contributed by atoms with van der Waals surface area (Å²) in [6, 6.07) is 0. The molecule has 1 unspecified atom stereocenters. The minimum absolute atomic E-state index is 0.000229. The van der Waals surface area contributed by atoms with Crippen LogP contribution in [0.5, 0.6) is 0 Å². The molecule has 0 heterocycles. The van der Waals surface area contributed by atoms with Crippen molar-refractivity contribution >= 4 is 11.9 Å². The van der Waals surface area contributed by atoms with Gasteiger partial charge in [0, 0.05) is 24.2 Å². The number of carbonyl (C=O) groups is 2. The van der Waals surface area contributed by atoms with Gasteiger partial charge >= 0.3 is 5.97 Å². The molecule has 6 nitrogen and oxygen atoms in total. The van der Waals surface area contributed by atoms with Crippen molar-refractivity contribution < 1.29 is 19.8 Å². The molecule has 0 aliphatic rings. The van der Waals surface area contributed by atoms with Crippen LogP contribution in [0.15, 0.2) is 11.1 Å². The van der Waals surface area contributed by atoms with Gasteiger partial charge in [-0.15, -0.1) is 0 Å². The van der Waals surface area contributed by atoms with Gasteiger partial charge in [-0.2, -0.15) is 0 Å². The van der Waals surface area contributed by atoms with Crippen LogP contribution in [-0.4, -0.2) is 59.8 Å². The maximum absolute atomic E-state index is 11.7. The van der Waals surface area contributed by atoms with Crippen LogP contribution in [0.2, 0.25) is 0 Å². The Bertz CT molecular complexity index is 359. The van der Waals surface area contributed by atoms with Crippen molar-refractivity contribution in [3.63, 3.8) is 0 Å². The first kappa shape index (κ1) is 16.6. The average Bonchev–Trinajstić information content (AvgIpc) is 2.21. The van der Waals surface area contributed by atoms with Crippen LogP contribution in [0.1, 0.15) is 20.8 Å². The average molecular weight is 258 g/mol. The molecule has 0 radical (unpaired) electrons. The molecule has 3 N–H and O–H groups in total. The zero-order valence-electron chi connectivity index (χ0n) is 11.6. The molecular formula is C12H22N2O4. The summed E-state index contributed by atoms with van der Waals surface area (Å²) in [6.45, 7) is 4.88. The number of hydrogen-bond donors (Lipinski definition) is 3. The van der Waals surface area contributed by atoms with Crippen LogP contribution in [-0.2, 0) is 9.59 Å². The monoisotopic (exact) mass is 258 g/mol. The molecule has 0 spiro atoms. The summed E-state index contributed by atoms with van der Waals surface area (Å²) in [5, 5.41) is 21.3. The topological polar surface area (TPSA) is 89.9 Å². The van der Waals surface area contributed by atoms with Crippen molar-refractivity contribution in [2.45, 2.75) is 26.4 Å². The van der Waals surface area contributed by atoms with Crippen LogP contribution in [0.25, 0.3) is 0 Å². The Hall–Kier alpha value is -1.40. The van der Waals surface area contributed by atoms with E-state index in [1.54, 1.807) is 11.8 Å². The maximum Gasteiger partial charge on any atom is 0.331 e. The van der Waals surface area contributed by atoms with Crippen molar-refractivity contribution in [1.82, 2.24) is 10.2 Å².